The molecule has 0 aromatic heterocycles. The van der Waals surface area contributed by atoms with Crippen molar-refractivity contribution in [1.82, 2.24) is 0 Å². The second-order valence-electron chi connectivity index (χ2n) is 9.81. The Labute approximate surface area is 222 Å². The van der Waals surface area contributed by atoms with E-state index in [9.17, 15) is 19.2 Å². The van der Waals surface area contributed by atoms with Gasteiger partial charge in [-0.3, -0.25) is 4.79 Å². The lowest BCUT2D eigenvalue weighted by atomic mass is 9.92. The zero-order valence-electron chi connectivity index (χ0n) is 23.3. The second-order valence-corrected chi connectivity index (χ2v) is 9.81. The number of rotatable bonds is 21. The zero-order valence-corrected chi connectivity index (χ0v) is 23.3. The molecule has 0 saturated carbocycles. The molecular weight excluding hydrogens is 476 g/mol. The summed E-state index contributed by atoms with van der Waals surface area (Å²) in [4.78, 5) is 48.6. The summed E-state index contributed by atoms with van der Waals surface area (Å²) in [6.07, 6.45) is 10.3. The number of unbranched alkanes of at least 4 members (excludes halogenated alkanes) is 8. The van der Waals surface area contributed by atoms with Gasteiger partial charge in [0.15, 0.2) is 0 Å². The molecule has 0 fully saturated rings. The minimum Gasteiger partial charge on any atom is -0.465 e. The van der Waals surface area contributed by atoms with Crippen LogP contribution in [0.5, 0.6) is 0 Å². The van der Waals surface area contributed by atoms with E-state index in [4.69, 9.17) is 18.9 Å². The molecule has 0 aliphatic heterocycles. The Kier molecular flexibility index (Phi) is 17.7. The fraction of sp³-hybridized carbons (Fsp3) is 0.655. The predicted molar refractivity (Wildman–Crippen MR) is 143 cm³/mol. The molecule has 210 valence electrons. The van der Waals surface area contributed by atoms with Gasteiger partial charge in [-0.05, 0) is 27.2 Å². The maximum Gasteiger partial charge on any atom is 0.333 e. The van der Waals surface area contributed by atoms with Crippen molar-refractivity contribution in [1.29, 1.82) is 0 Å². The highest BCUT2D eigenvalue weighted by Crippen LogP contribution is 2.23. The lowest BCUT2D eigenvalue weighted by molar-refractivity contribution is -0.167. The summed E-state index contributed by atoms with van der Waals surface area (Å²) in [6, 6.07) is 0. The molecule has 0 N–H and O–H groups in total. The molecule has 0 heterocycles. The van der Waals surface area contributed by atoms with E-state index in [1.807, 2.05) is 0 Å². The summed E-state index contributed by atoms with van der Waals surface area (Å²) in [5.41, 5.74) is -0.840. The molecule has 0 aliphatic rings. The highest BCUT2D eigenvalue weighted by Gasteiger charge is 2.38. The average Bonchev–Trinajstić information content (AvgIpc) is 2.85. The van der Waals surface area contributed by atoms with Gasteiger partial charge in [-0.1, -0.05) is 78.0 Å². The number of ether oxygens (including phenoxy) is 4. The predicted octanol–water partition coefficient (Wildman–Crippen LogP) is 5.79. The van der Waals surface area contributed by atoms with Gasteiger partial charge in [0.25, 0.3) is 0 Å². The van der Waals surface area contributed by atoms with E-state index < -0.39 is 29.3 Å². The first-order valence-electron chi connectivity index (χ1n) is 13.1. The van der Waals surface area contributed by atoms with Gasteiger partial charge in [-0.25, -0.2) is 14.4 Å². The van der Waals surface area contributed by atoms with Crippen LogP contribution in [-0.4, -0.2) is 50.3 Å². The lowest BCUT2D eigenvalue weighted by Crippen LogP contribution is -2.44. The third-order valence-corrected chi connectivity index (χ3v) is 5.60. The van der Waals surface area contributed by atoms with Gasteiger partial charge in [0.2, 0.25) is 0 Å². The molecule has 0 amide bonds. The first-order valence-corrected chi connectivity index (χ1v) is 13.1. The number of carbonyl (C=O) groups is 4. The van der Waals surface area contributed by atoms with Crippen LogP contribution in [0, 0.1) is 5.41 Å². The third kappa shape index (κ3) is 16.5. The van der Waals surface area contributed by atoms with Crippen LogP contribution in [0.3, 0.4) is 0 Å². The van der Waals surface area contributed by atoms with E-state index in [1.165, 1.54) is 52.9 Å². The van der Waals surface area contributed by atoms with Gasteiger partial charge in [0.1, 0.15) is 31.8 Å². The molecule has 0 saturated heterocycles. The molecule has 0 aliphatic carbocycles. The van der Waals surface area contributed by atoms with Gasteiger partial charge >= 0.3 is 23.9 Å². The SMILES string of the molecule is C=C(C)C(=O)OCC(COC(=O)CCCCCCCCCCC)(COC(=O)C(=C)C)COC(=O)C(=C)C. The van der Waals surface area contributed by atoms with Crippen LogP contribution in [-0.2, 0) is 38.1 Å². The van der Waals surface area contributed by atoms with Crippen molar-refractivity contribution >= 4 is 23.9 Å². The Bertz CT molecular complexity index is 722. The zero-order chi connectivity index (χ0) is 28.3. The van der Waals surface area contributed by atoms with Crippen molar-refractivity contribution in [2.45, 2.75) is 91.9 Å². The highest BCUT2D eigenvalue weighted by molar-refractivity contribution is 5.88. The van der Waals surface area contributed by atoms with Crippen LogP contribution in [0.25, 0.3) is 0 Å². The fourth-order valence-corrected chi connectivity index (χ4v) is 3.16. The summed E-state index contributed by atoms with van der Waals surface area (Å²) in [5, 5.41) is 0. The summed E-state index contributed by atoms with van der Waals surface area (Å²) in [5.74, 6) is -2.47. The largest absolute Gasteiger partial charge is 0.465 e. The molecule has 0 unspecified atom stereocenters. The Morgan fingerprint density at radius 2 is 0.865 bits per heavy atom. The van der Waals surface area contributed by atoms with Crippen molar-refractivity contribution in [3.8, 4) is 0 Å². The average molecular weight is 523 g/mol. The van der Waals surface area contributed by atoms with Crippen LogP contribution >= 0.6 is 0 Å². The van der Waals surface area contributed by atoms with Crippen LogP contribution in [0.4, 0.5) is 0 Å². The van der Waals surface area contributed by atoms with Gasteiger partial charge in [-0.2, -0.15) is 0 Å². The monoisotopic (exact) mass is 522 g/mol. The summed E-state index contributed by atoms with van der Waals surface area (Å²) in [7, 11) is 0. The lowest BCUT2D eigenvalue weighted by Gasteiger charge is -2.31. The normalized spacial score (nSPS) is 10.8. The van der Waals surface area contributed by atoms with Gasteiger partial charge in [0.05, 0.1) is 0 Å². The van der Waals surface area contributed by atoms with Crippen molar-refractivity contribution < 1.29 is 38.1 Å². The Morgan fingerprint density at radius 1 is 0.541 bits per heavy atom. The van der Waals surface area contributed by atoms with E-state index in [0.29, 0.717) is 6.42 Å². The van der Waals surface area contributed by atoms with Crippen molar-refractivity contribution in [3.05, 3.63) is 36.5 Å². The quantitative estimate of drug-likeness (QED) is 0.0807. The molecule has 0 radical (unpaired) electrons. The van der Waals surface area contributed by atoms with Crippen molar-refractivity contribution in [2.75, 3.05) is 26.4 Å². The van der Waals surface area contributed by atoms with Gasteiger partial charge < -0.3 is 18.9 Å². The van der Waals surface area contributed by atoms with Crippen molar-refractivity contribution in [3.63, 3.8) is 0 Å². The molecule has 0 atom stereocenters. The first kappa shape index (κ1) is 34.1. The smallest absolute Gasteiger partial charge is 0.333 e. The first-order chi connectivity index (χ1) is 17.4. The maximum absolute atomic E-state index is 12.4. The van der Waals surface area contributed by atoms with Crippen LogP contribution in [0.1, 0.15) is 91.9 Å². The molecule has 8 heteroatoms. The summed E-state index contributed by atoms with van der Waals surface area (Å²) in [6.45, 7) is 16.0. The van der Waals surface area contributed by atoms with E-state index >= 15 is 0 Å². The molecular formula is C29H46O8. The second kappa shape index (κ2) is 19.2. The third-order valence-electron chi connectivity index (χ3n) is 5.60. The van der Waals surface area contributed by atoms with Crippen LogP contribution in [0.2, 0.25) is 0 Å². The topological polar surface area (TPSA) is 105 Å². The minimum atomic E-state index is -1.32. The van der Waals surface area contributed by atoms with Crippen LogP contribution in [0.15, 0.2) is 36.5 Å². The van der Waals surface area contributed by atoms with Crippen molar-refractivity contribution in [2.24, 2.45) is 5.41 Å². The Balaban J connectivity index is 5.13. The molecule has 0 aromatic rings. The van der Waals surface area contributed by atoms with E-state index in [0.717, 1.165) is 19.3 Å². The minimum absolute atomic E-state index is 0.161. The molecule has 37 heavy (non-hydrogen) atoms. The summed E-state index contributed by atoms with van der Waals surface area (Å²) < 4.78 is 21.3. The molecule has 0 spiro atoms. The number of hydrogen-bond donors (Lipinski definition) is 0. The Morgan fingerprint density at radius 3 is 1.22 bits per heavy atom. The number of esters is 4. The molecule has 0 rings (SSSR count). The molecule has 0 bridgehead atoms. The molecule has 0 aromatic carbocycles. The molecule has 8 nitrogen and oxygen atoms in total. The number of carbonyl (C=O) groups excluding carboxylic acids is 4. The Hall–Kier alpha value is -2.90. The fourth-order valence-electron chi connectivity index (χ4n) is 3.16. The van der Waals surface area contributed by atoms with E-state index in [-0.39, 0.29) is 49.6 Å². The summed E-state index contributed by atoms with van der Waals surface area (Å²) >= 11 is 0. The maximum atomic E-state index is 12.4. The number of hydrogen-bond acceptors (Lipinski definition) is 8. The van der Waals surface area contributed by atoms with Gasteiger partial charge in [-0.15, -0.1) is 0 Å². The van der Waals surface area contributed by atoms with E-state index in [1.54, 1.807) is 0 Å². The standard InChI is InChI=1S/C29H46O8/c1-8-9-10-11-12-13-14-15-16-17-25(30)34-18-29(19-35-26(31)22(2)3,20-36-27(32)23(4)5)21-37-28(33)24(6)7/h2,4,6,8-21H2,1,3,5,7H3. The highest BCUT2D eigenvalue weighted by atomic mass is 16.6. The van der Waals surface area contributed by atoms with Crippen LogP contribution < -0.4 is 0 Å². The van der Waals surface area contributed by atoms with Gasteiger partial charge in [0, 0.05) is 23.1 Å². The van der Waals surface area contributed by atoms with E-state index in [2.05, 4.69) is 26.7 Å².